The molecule has 2 rings (SSSR count). The van der Waals surface area contributed by atoms with Crippen molar-refractivity contribution in [1.82, 2.24) is 15.6 Å². The molecule has 3 unspecified atom stereocenters. The molecule has 5 heteroatoms. The molecule has 1 amide bonds. The lowest BCUT2D eigenvalue weighted by molar-refractivity contribution is 0.0505. The van der Waals surface area contributed by atoms with Crippen molar-refractivity contribution in [1.29, 1.82) is 0 Å². The maximum atomic E-state index is 11.8. The van der Waals surface area contributed by atoms with Gasteiger partial charge in [0, 0.05) is 24.3 Å². The highest BCUT2D eigenvalue weighted by molar-refractivity contribution is 5.68. The highest BCUT2D eigenvalue weighted by Gasteiger charge is 2.28. The van der Waals surface area contributed by atoms with Crippen LogP contribution in [0.25, 0.3) is 0 Å². The first-order valence-corrected chi connectivity index (χ1v) is 8.00. The number of alkyl carbamates (subject to hydrolysis) is 1. The van der Waals surface area contributed by atoms with Crippen molar-refractivity contribution in [2.75, 3.05) is 0 Å². The standard InChI is InChI=1S/C17H27N3O2/c1-12(15-7-5-6-10-18-15)19-13-8-9-14(11-13)20-16(21)22-17(2,3)4/h5-7,10,12-14,19H,8-9,11H2,1-4H3,(H,20,21). The molecule has 122 valence electrons. The number of rotatable bonds is 4. The zero-order valence-electron chi connectivity index (χ0n) is 13.9. The van der Waals surface area contributed by atoms with E-state index >= 15 is 0 Å². The summed E-state index contributed by atoms with van der Waals surface area (Å²) in [6, 6.07) is 6.75. The monoisotopic (exact) mass is 305 g/mol. The largest absolute Gasteiger partial charge is 0.444 e. The van der Waals surface area contributed by atoms with Crippen LogP contribution in [0.4, 0.5) is 4.79 Å². The van der Waals surface area contributed by atoms with Crippen LogP contribution in [-0.4, -0.2) is 28.8 Å². The van der Waals surface area contributed by atoms with Gasteiger partial charge in [0.1, 0.15) is 5.60 Å². The lowest BCUT2D eigenvalue weighted by Crippen LogP contribution is -2.39. The summed E-state index contributed by atoms with van der Waals surface area (Å²) in [7, 11) is 0. The smallest absolute Gasteiger partial charge is 0.407 e. The summed E-state index contributed by atoms with van der Waals surface area (Å²) in [5.74, 6) is 0. The van der Waals surface area contributed by atoms with Gasteiger partial charge < -0.3 is 15.4 Å². The van der Waals surface area contributed by atoms with Crippen molar-refractivity contribution in [3.05, 3.63) is 30.1 Å². The summed E-state index contributed by atoms with van der Waals surface area (Å²) >= 11 is 0. The number of nitrogens with one attached hydrogen (secondary N) is 2. The van der Waals surface area contributed by atoms with Gasteiger partial charge in [0.05, 0.1) is 5.69 Å². The van der Waals surface area contributed by atoms with Crippen LogP contribution in [0, 0.1) is 0 Å². The molecular formula is C17H27N3O2. The number of hydrogen-bond acceptors (Lipinski definition) is 4. The Morgan fingerprint density at radius 2 is 2.05 bits per heavy atom. The van der Waals surface area contributed by atoms with Crippen molar-refractivity contribution in [2.45, 2.75) is 70.7 Å². The molecule has 0 radical (unpaired) electrons. The molecule has 0 saturated heterocycles. The van der Waals surface area contributed by atoms with Crippen LogP contribution in [0.5, 0.6) is 0 Å². The lowest BCUT2D eigenvalue weighted by Gasteiger charge is -2.22. The SMILES string of the molecule is CC(NC1CCC(NC(=O)OC(C)(C)C)C1)c1ccccn1. The minimum Gasteiger partial charge on any atom is -0.444 e. The second kappa shape index (κ2) is 7.09. The molecule has 0 bridgehead atoms. The highest BCUT2D eigenvalue weighted by atomic mass is 16.6. The fourth-order valence-electron chi connectivity index (χ4n) is 2.81. The van der Waals surface area contributed by atoms with E-state index in [1.165, 1.54) is 0 Å². The number of amides is 1. The summed E-state index contributed by atoms with van der Waals surface area (Å²) in [5.41, 5.74) is 0.597. The number of ether oxygens (including phenoxy) is 1. The summed E-state index contributed by atoms with van der Waals surface area (Å²) < 4.78 is 5.30. The molecule has 2 N–H and O–H groups in total. The molecule has 1 fully saturated rings. The van der Waals surface area contributed by atoms with Crippen LogP contribution >= 0.6 is 0 Å². The Morgan fingerprint density at radius 1 is 1.32 bits per heavy atom. The van der Waals surface area contributed by atoms with Gasteiger partial charge in [-0.1, -0.05) is 6.07 Å². The molecule has 0 aromatic carbocycles. The van der Waals surface area contributed by atoms with Crippen LogP contribution in [0.15, 0.2) is 24.4 Å². The zero-order chi connectivity index (χ0) is 16.2. The van der Waals surface area contributed by atoms with Crippen molar-refractivity contribution < 1.29 is 9.53 Å². The van der Waals surface area contributed by atoms with E-state index in [4.69, 9.17) is 4.74 Å². The molecule has 5 nitrogen and oxygen atoms in total. The molecule has 1 heterocycles. The highest BCUT2D eigenvalue weighted by Crippen LogP contribution is 2.22. The fraction of sp³-hybridized carbons (Fsp3) is 0.647. The second-order valence-corrected chi connectivity index (χ2v) is 7.00. The Morgan fingerprint density at radius 3 is 2.68 bits per heavy atom. The van der Waals surface area contributed by atoms with E-state index in [0.717, 1.165) is 25.0 Å². The number of nitrogens with zero attached hydrogens (tertiary/aromatic N) is 1. The predicted molar refractivity (Wildman–Crippen MR) is 86.6 cm³/mol. The summed E-state index contributed by atoms with van der Waals surface area (Å²) in [6.45, 7) is 7.75. The van der Waals surface area contributed by atoms with E-state index in [1.807, 2.05) is 45.2 Å². The summed E-state index contributed by atoms with van der Waals surface area (Å²) in [4.78, 5) is 16.2. The van der Waals surface area contributed by atoms with Crippen LogP contribution in [0.1, 0.15) is 58.7 Å². The van der Waals surface area contributed by atoms with Crippen molar-refractivity contribution in [2.24, 2.45) is 0 Å². The first kappa shape index (κ1) is 16.7. The first-order chi connectivity index (χ1) is 10.3. The zero-order valence-corrected chi connectivity index (χ0v) is 13.9. The van der Waals surface area contributed by atoms with Crippen LogP contribution < -0.4 is 10.6 Å². The topological polar surface area (TPSA) is 63.2 Å². The average molecular weight is 305 g/mol. The number of carbonyl (C=O) groups excluding carboxylic acids is 1. The molecule has 1 aromatic rings. The van der Waals surface area contributed by atoms with Gasteiger partial charge in [-0.3, -0.25) is 4.98 Å². The molecule has 1 aliphatic carbocycles. The molecule has 22 heavy (non-hydrogen) atoms. The minimum absolute atomic E-state index is 0.184. The quantitative estimate of drug-likeness (QED) is 0.897. The van der Waals surface area contributed by atoms with E-state index < -0.39 is 5.60 Å². The van der Waals surface area contributed by atoms with Crippen LogP contribution in [0.3, 0.4) is 0 Å². The Labute approximate surface area is 132 Å². The van der Waals surface area contributed by atoms with Crippen molar-refractivity contribution in [3.8, 4) is 0 Å². The summed E-state index contributed by atoms with van der Waals surface area (Å²) in [6.07, 6.45) is 4.45. The van der Waals surface area contributed by atoms with Gasteiger partial charge in [-0.15, -0.1) is 0 Å². The average Bonchev–Trinajstić information content (AvgIpc) is 2.84. The van der Waals surface area contributed by atoms with Gasteiger partial charge in [-0.25, -0.2) is 4.79 Å². The maximum absolute atomic E-state index is 11.8. The van der Waals surface area contributed by atoms with Gasteiger partial charge in [0.25, 0.3) is 0 Å². The van der Waals surface area contributed by atoms with Gasteiger partial charge in [0.15, 0.2) is 0 Å². The maximum Gasteiger partial charge on any atom is 0.407 e. The number of aromatic nitrogens is 1. The van der Waals surface area contributed by atoms with E-state index in [-0.39, 0.29) is 18.2 Å². The van der Waals surface area contributed by atoms with Gasteiger partial charge in [0.2, 0.25) is 0 Å². The molecule has 0 spiro atoms. The third kappa shape index (κ3) is 5.30. The Kier molecular flexibility index (Phi) is 5.40. The van der Waals surface area contributed by atoms with E-state index in [0.29, 0.717) is 6.04 Å². The third-order valence-electron chi connectivity index (χ3n) is 3.77. The third-order valence-corrected chi connectivity index (χ3v) is 3.77. The molecule has 1 saturated carbocycles. The predicted octanol–water partition coefficient (Wildman–Crippen LogP) is 3.18. The first-order valence-electron chi connectivity index (χ1n) is 8.00. The Balaban J connectivity index is 1.77. The van der Waals surface area contributed by atoms with E-state index in [1.54, 1.807) is 0 Å². The van der Waals surface area contributed by atoms with Crippen LogP contribution in [0.2, 0.25) is 0 Å². The van der Waals surface area contributed by atoms with Crippen molar-refractivity contribution >= 4 is 6.09 Å². The summed E-state index contributed by atoms with van der Waals surface area (Å²) in [5, 5.41) is 6.55. The molecular weight excluding hydrogens is 278 g/mol. The van der Waals surface area contributed by atoms with Crippen molar-refractivity contribution in [3.63, 3.8) is 0 Å². The molecule has 1 aromatic heterocycles. The van der Waals surface area contributed by atoms with Gasteiger partial charge in [-0.05, 0) is 59.1 Å². The molecule has 1 aliphatic rings. The number of carbonyl (C=O) groups is 1. The lowest BCUT2D eigenvalue weighted by atomic mass is 10.1. The van der Waals surface area contributed by atoms with Crippen LogP contribution in [-0.2, 0) is 4.74 Å². The number of hydrogen-bond donors (Lipinski definition) is 2. The van der Waals surface area contributed by atoms with E-state index in [2.05, 4.69) is 22.5 Å². The minimum atomic E-state index is -0.451. The second-order valence-electron chi connectivity index (χ2n) is 7.00. The normalized spacial score (nSPS) is 23.1. The van der Waals surface area contributed by atoms with E-state index in [9.17, 15) is 4.79 Å². The number of pyridine rings is 1. The molecule has 3 atom stereocenters. The Bertz CT molecular complexity index is 484. The van der Waals surface area contributed by atoms with Gasteiger partial charge in [-0.2, -0.15) is 0 Å². The fourth-order valence-corrected chi connectivity index (χ4v) is 2.81. The van der Waals surface area contributed by atoms with Gasteiger partial charge >= 0.3 is 6.09 Å². The molecule has 0 aliphatic heterocycles. The Hall–Kier alpha value is -1.62.